The lowest BCUT2D eigenvalue weighted by Crippen LogP contribution is -2.45. The molecule has 0 bridgehead atoms. The normalized spacial score (nSPS) is 18.3. The largest absolute Gasteiger partial charge is 0.325 e. The highest BCUT2D eigenvalue weighted by molar-refractivity contribution is 8.00. The maximum Gasteiger partial charge on any atom is 0.257 e. The number of pyridine rings is 1. The van der Waals surface area contributed by atoms with Gasteiger partial charge in [-0.25, -0.2) is 9.88 Å². The number of nitrogens with zero attached hydrogens (tertiary/aromatic N) is 4. The van der Waals surface area contributed by atoms with Crippen LogP contribution in [0, 0.1) is 29.6 Å². The minimum Gasteiger partial charge on any atom is -0.325 e. The molecule has 8 heteroatoms. The quantitative estimate of drug-likeness (QED) is 0.215. The van der Waals surface area contributed by atoms with Crippen molar-refractivity contribution in [3.63, 3.8) is 0 Å². The second kappa shape index (κ2) is 12.7. The molecule has 0 N–H and O–H groups in total. The minimum atomic E-state index is -0.909. The maximum absolute atomic E-state index is 13.8. The van der Waals surface area contributed by atoms with E-state index in [9.17, 15) is 19.6 Å². The van der Waals surface area contributed by atoms with Gasteiger partial charge in [0.05, 0.1) is 23.4 Å². The highest BCUT2D eigenvalue weighted by Crippen LogP contribution is 2.40. The number of benzene rings is 2. The highest BCUT2D eigenvalue weighted by atomic mass is 32.2. The zero-order valence-corrected chi connectivity index (χ0v) is 26.1. The van der Waals surface area contributed by atoms with Crippen LogP contribution in [-0.2, 0) is 33.8 Å². The Balaban J connectivity index is 1.37. The topological polar surface area (TPSA) is 94.4 Å². The lowest BCUT2D eigenvalue weighted by atomic mass is 9.69. The number of nitriles is 1. The number of thioether (sulfide) groups is 1. The van der Waals surface area contributed by atoms with Crippen LogP contribution in [0.3, 0.4) is 0 Å². The molecule has 3 aromatic rings. The van der Waals surface area contributed by atoms with Gasteiger partial charge in [0, 0.05) is 12.2 Å². The summed E-state index contributed by atoms with van der Waals surface area (Å²) in [4.78, 5) is 48.1. The molecule has 222 valence electrons. The van der Waals surface area contributed by atoms with Crippen molar-refractivity contribution in [3.05, 3.63) is 88.6 Å². The number of carbonyl (C=O) groups excluding carboxylic acids is 3. The van der Waals surface area contributed by atoms with E-state index in [0.717, 1.165) is 48.1 Å². The summed E-state index contributed by atoms with van der Waals surface area (Å²) in [5, 5.41) is 10.5. The molecular formula is C35H38N4O3S. The lowest BCUT2D eigenvalue weighted by molar-refractivity contribution is -0.136. The van der Waals surface area contributed by atoms with Crippen LogP contribution in [0.5, 0.6) is 0 Å². The molecule has 2 unspecified atom stereocenters. The first kappa shape index (κ1) is 30.5. The number of anilines is 1. The first-order valence-electron chi connectivity index (χ1n) is 14.9. The van der Waals surface area contributed by atoms with Gasteiger partial charge in [0.1, 0.15) is 17.1 Å². The van der Waals surface area contributed by atoms with Gasteiger partial charge in [-0.3, -0.25) is 14.4 Å². The fourth-order valence-electron chi connectivity index (χ4n) is 5.98. The fourth-order valence-corrected chi connectivity index (χ4v) is 6.84. The standard InChI is InChI=1S/C35H38N4O3S/c1-5-35(3,4)27-13-16-29-25(18-27)17-26(20-36)33(37-29)43-22-32(41)38(21-24-9-7-6-8-10-24)30-19-31(40)39(34(30)42)28-14-11-23(2)12-15-28/h6-12,14-15,17,27,30H,5,13,16,18-19,21-22H2,1-4H3. The number of carbonyl (C=O) groups is 3. The van der Waals surface area contributed by atoms with Crippen molar-refractivity contribution in [2.45, 2.75) is 77.4 Å². The maximum atomic E-state index is 13.8. The van der Waals surface area contributed by atoms with Gasteiger partial charge in [-0.1, -0.05) is 87.0 Å². The third-order valence-corrected chi connectivity index (χ3v) is 10.1. The molecule has 0 radical (unpaired) electrons. The number of aryl methyl sites for hydroxylation is 2. The number of rotatable bonds is 9. The van der Waals surface area contributed by atoms with E-state index in [2.05, 4.69) is 26.8 Å². The Hall–Kier alpha value is -3.96. The summed E-state index contributed by atoms with van der Waals surface area (Å²) < 4.78 is 0. The van der Waals surface area contributed by atoms with Crippen molar-refractivity contribution in [1.29, 1.82) is 5.26 Å². The van der Waals surface area contributed by atoms with Gasteiger partial charge in [-0.05, 0) is 66.8 Å². The molecular weight excluding hydrogens is 556 g/mol. The predicted molar refractivity (Wildman–Crippen MR) is 168 cm³/mol. The molecule has 1 fully saturated rings. The SMILES string of the molecule is CCC(C)(C)C1CCc2nc(SCC(=O)N(Cc3ccccc3)C3CC(=O)N(c4ccc(C)cc4)C3=O)c(C#N)cc2C1. The Bertz CT molecular complexity index is 1560. The van der Waals surface area contributed by atoms with Crippen LogP contribution in [0.25, 0.3) is 0 Å². The molecule has 1 aliphatic carbocycles. The number of hydrogen-bond acceptors (Lipinski definition) is 6. The number of amides is 3. The number of fused-ring (bicyclic) bond motifs is 1. The van der Waals surface area contributed by atoms with Gasteiger partial charge in [0.25, 0.3) is 5.91 Å². The van der Waals surface area contributed by atoms with Crippen LogP contribution in [0.15, 0.2) is 65.7 Å². The summed E-state index contributed by atoms with van der Waals surface area (Å²) in [5.41, 5.74) is 5.22. The Kier molecular flexibility index (Phi) is 9.03. The van der Waals surface area contributed by atoms with Gasteiger partial charge >= 0.3 is 0 Å². The van der Waals surface area contributed by atoms with Gasteiger partial charge in [0.15, 0.2) is 0 Å². The molecule has 0 spiro atoms. The first-order valence-corrected chi connectivity index (χ1v) is 15.9. The van der Waals surface area contributed by atoms with E-state index < -0.39 is 11.9 Å². The van der Waals surface area contributed by atoms with Crippen molar-refractivity contribution in [2.75, 3.05) is 10.7 Å². The molecule has 1 aromatic heterocycles. The van der Waals surface area contributed by atoms with Crippen LogP contribution >= 0.6 is 11.8 Å². The van der Waals surface area contributed by atoms with E-state index in [1.165, 1.54) is 21.6 Å². The van der Waals surface area contributed by atoms with Gasteiger partial charge in [0.2, 0.25) is 11.8 Å². The van der Waals surface area contributed by atoms with E-state index >= 15 is 0 Å². The summed E-state index contributed by atoms with van der Waals surface area (Å²) in [6.07, 6.45) is 3.83. The third-order valence-electron chi connectivity index (χ3n) is 9.13. The van der Waals surface area contributed by atoms with Crippen molar-refractivity contribution in [3.8, 4) is 6.07 Å². The molecule has 2 aliphatic rings. The average Bonchev–Trinajstić information content (AvgIpc) is 3.31. The monoisotopic (exact) mass is 594 g/mol. The second-order valence-electron chi connectivity index (χ2n) is 12.3. The molecule has 7 nitrogen and oxygen atoms in total. The predicted octanol–water partition coefficient (Wildman–Crippen LogP) is 6.26. The minimum absolute atomic E-state index is 0.00128. The molecule has 2 atom stereocenters. The molecule has 3 amide bonds. The summed E-state index contributed by atoms with van der Waals surface area (Å²) in [6, 6.07) is 20.0. The smallest absolute Gasteiger partial charge is 0.257 e. The van der Waals surface area contributed by atoms with Crippen molar-refractivity contribution < 1.29 is 14.4 Å². The number of aromatic nitrogens is 1. The van der Waals surface area contributed by atoms with Crippen molar-refractivity contribution in [2.24, 2.45) is 11.3 Å². The van der Waals surface area contributed by atoms with E-state index in [0.29, 0.717) is 22.2 Å². The van der Waals surface area contributed by atoms with Gasteiger partial charge in [-0.15, -0.1) is 0 Å². The zero-order valence-electron chi connectivity index (χ0n) is 25.3. The second-order valence-corrected chi connectivity index (χ2v) is 13.2. The summed E-state index contributed by atoms with van der Waals surface area (Å²) in [7, 11) is 0. The molecule has 5 rings (SSSR count). The zero-order chi connectivity index (χ0) is 30.7. The molecule has 2 heterocycles. The summed E-state index contributed by atoms with van der Waals surface area (Å²) >= 11 is 1.23. The molecule has 0 saturated carbocycles. The summed E-state index contributed by atoms with van der Waals surface area (Å²) in [6.45, 7) is 8.98. The molecule has 1 saturated heterocycles. The molecule has 2 aromatic carbocycles. The van der Waals surface area contributed by atoms with E-state index in [-0.39, 0.29) is 35.9 Å². The van der Waals surface area contributed by atoms with Crippen molar-refractivity contribution in [1.82, 2.24) is 9.88 Å². The van der Waals surface area contributed by atoms with Gasteiger partial charge < -0.3 is 4.90 Å². The van der Waals surface area contributed by atoms with Crippen LogP contribution in [-0.4, -0.2) is 39.4 Å². The molecule has 1 aliphatic heterocycles. The third kappa shape index (κ3) is 6.52. The van der Waals surface area contributed by atoms with Crippen LogP contribution in [0.1, 0.15) is 68.0 Å². The Morgan fingerprint density at radius 2 is 1.84 bits per heavy atom. The lowest BCUT2D eigenvalue weighted by Gasteiger charge is -2.37. The first-order chi connectivity index (χ1) is 20.6. The Morgan fingerprint density at radius 3 is 2.51 bits per heavy atom. The average molecular weight is 595 g/mol. The van der Waals surface area contributed by atoms with E-state index in [4.69, 9.17) is 4.98 Å². The summed E-state index contributed by atoms with van der Waals surface area (Å²) in [5.74, 6) is -0.473. The van der Waals surface area contributed by atoms with Crippen LogP contribution < -0.4 is 4.90 Å². The van der Waals surface area contributed by atoms with Crippen molar-refractivity contribution >= 4 is 35.2 Å². The van der Waals surface area contributed by atoms with E-state index in [1.54, 1.807) is 12.1 Å². The van der Waals surface area contributed by atoms with E-state index in [1.807, 2.05) is 55.5 Å². The Morgan fingerprint density at radius 1 is 1.12 bits per heavy atom. The number of imide groups is 1. The van der Waals surface area contributed by atoms with Gasteiger partial charge in [-0.2, -0.15) is 5.26 Å². The highest BCUT2D eigenvalue weighted by Gasteiger charge is 2.44. The fraction of sp³-hybridized carbons (Fsp3) is 0.400. The van der Waals surface area contributed by atoms with Crippen LogP contribution in [0.4, 0.5) is 5.69 Å². The Labute approximate surface area is 258 Å². The number of hydrogen-bond donors (Lipinski definition) is 0. The molecule has 43 heavy (non-hydrogen) atoms. The van der Waals surface area contributed by atoms with Crippen LogP contribution in [0.2, 0.25) is 0 Å².